The van der Waals surface area contributed by atoms with E-state index < -0.39 is 11.7 Å². The number of hydrogen-bond donors (Lipinski definition) is 1. The van der Waals surface area contributed by atoms with E-state index in [4.69, 9.17) is 4.52 Å². The van der Waals surface area contributed by atoms with Gasteiger partial charge in [-0.1, -0.05) is 17.3 Å². The fourth-order valence-electron chi connectivity index (χ4n) is 1.74. The highest BCUT2D eigenvalue weighted by atomic mass is 19.4. The van der Waals surface area contributed by atoms with Crippen LogP contribution in [0.1, 0.15) is 32.0 Å². The lowest BCUT2D eigenvalue weighted by molar-refractivity contribution is -0.137. The van der Waals surface area contributed by atoms with E-state index in [9.17, 15) is 13.2 Å². The van der Waals surface area contributed by atoms with E-state index in [2.05, 4.69) is 10.5 Å². The highest BCUT2D eigenvalue weighted by Gasteiger charge is 2.30. The van der Waals surface area contributed by atoms with Crippen molar-refractivity contribution in [3.05, 3.63) is 41.6 Å². The Labute approximate surface area is 121 Å². The van der Waals surface area contributed by atoms with Crippen LogP contribution in [0.4, 0.5) is 13.2 Å². The van der Waals surface area contributed by atoms with Gasteiger partial charge in [0.15, 0.2) is 5.76 Å². The number of rotatable bonds is 3. The summed E-state index contributed by atoms with van der Waals surface area (Å²) < 4.78 is 43.2. The van der Waals surface area contributed by atoms with Gasteiger partial charge in [-0.25, -0.2) is 0 Å². The maximum atomic E-state index is 12.7. The van der Waals surface area contributed by atoms with Gasteiger partial charge < -0.3 is 9.84 Å². The lowest BCUT2D eigenvalue weighted by Gasteiger charge is -2.19. The Morgan fingerprint density at radius 1 is 1.14 bits per heavy atom. The number of benzene rings is 1. The van der Waals surface area contributed by atoms with Gasteiger partial charge in [-0.05, 0) is 32.9 Å². The Balaban J connectivity index is 2.18. The van der Waals surface area contributed by atoms with Crippen molar-refractivity contribution in [3.8, 4) is 11.3 Å². The molecule has 2 aromatic rings. The van der Waals surface area contributed by atoms with Crippen LogP contribution in [0.3, 0.4) is 0 Å². The molecule has 1 heterocycles. The zero-order valence-corrected chi connectivity index (χ0v) is 12.1. The molecule has 0 spiro atoms. The molecule has 0 amide bonds. The second kappa shape index (κ2) is 5.52. The largest absolute Gasteiger partial charge is 0.416 e. The summed E-state index contributed by atoms with van der Waals surface area (Å²) in [5, 5.41) is 7.10. The van der Waals surface area contributed by atoms with Gasteiger partial charge in [0.05, 0.1) is 11.3 Å². The third-order valence-corrected chi connectivity index (χ3v) is 2.83. The number of aromatic nitrogens is 1. The number of alkyl halides is 3. The van der Waals surface area contributed by atoms with Crippen LogP contribution in [0.5, 0.6) is 0 Å². The second-order valence-corrected chi connectivity index (χ2v) is 5.86. The Kier molecular flexibility index (Phi) is 4.09. The van der Waals surface area contributed by atoms with Crippen molar-refractivity contribution in [1.82, 2.24) is 10.5 Å². The van der Waals surface area contributed by atoms with E-state index in [-0.39, 0.29) is 5.54 Å². The van der Waals surface area contributed by atoms with E-state index in [0.29, 0.717) is 23.6 Å². The van der Waals surface area contributed by atoms with Crippen molar-refractivity contribution >= 4 is 0 Å². The summed E-state index contributed by atoms with van der Waals surface area (Å²) in [5.74, 6) is 0.326. The van der Waals surface area contributed by atoms with Crippen molar-refractivity contribution in [2.24, 2.45) is 0 Å². The van der Waals surface area contributed by atoms with Crippen LogP contribution >= 0.6 is 0 Å². The second-order valence-electron chi connectivity index (χ2n) is 5.86. The first kappa shape index (κ1) is 15.6. The lowest BCUT2D eigenvalue weighted by atomic mass is 10.1. The van der Waals surface area contributed by atoms with E-state index in [1.807, 2.05) is 20.8 Å². The average Bonchev–Trinajstić information content (AvgIpc) is 2.83. The highest BCUT2D eigenvalue weighted by molar-refractivity contribution is 5.58. The molecule has 21 heavy (non-hydrogen) atoms. The molecule has 0 saturated carbocycles. The Bertz CT molecular complexity index is 612. The van der Waals surface area contributed by atoms with E-state index in [1.54, 1.807) is 12.1 Å². The summed E-state index contributed by atoms with van der Waals surface area (Å²) in [6.45, 7) is 6.54. The summed E-state index contributed by atoms with van der Waals surface area (Å²) in [6.07, 6.45) is -4.37. The first-order valence-electron chi connectivity index (χ1n) is 6.53. The predicted octanol–water partition coefficient (Wildman–Crippen LogP) is 4.25. The smallest absolute Gasteiger partial charge is 0.356 e. The summed E-state index contributed by atoms with van der Waals surface area (Å²) in [5.41, 5.74) is 0.234. The van der Waals surface area contributed by atoms with Crippen LogP contribution in [0.15, 0.2) is 34.9 Å². The summed E-state index contributed by atoms with van der Waals surface area (Å²) in [6, 6.07) is 6.65. The molecule has 0 aliphatic carbocycles. The van der Waals surface area contributed by atoms with Crippen LogP contribution in [0.25, 0.3) is 11.3 Å². The number of nitrogens with zero attached hydrogens (tertiary/aromatic N) is 1. The van der Waals surface area contributed by atoms with E-state index in [1.165, 1.54) is 6.07 Å². The monoisotopic (exact) mass is 298 g/mol. The molecule has 0 unspecified atom stereocenters. The maximum Gasteiger partial charge on any atom is 0.416 e. The van der Waals surface area contributed by atoms with Crippen LogP contribution in [0, 0.1) is 0 Å². The molecule has 0 fully saturated rings. The molecule has 3 nitrogen and oxygen atoms in total. The van der Waals surface area contributed by atoms with Crippen molar-refractivity contribution in [1.29, 1.82) is 0 Å². The standard InChI is InChI=1S/C15H17F3N2O/c1-14(2,3)19-9-12-8-13(21-20-12)10-5-4-6-11(7-10)15(16,17)18/h4-8,19H,9H2,1-3H3. The molecule has 0 aliphatic rings. The van der Waals surface area contributed by atoms with Crippen molar-refractivity contribution in [3.63, 3.8) is 0 Å². The van der Waals surface area contributed by atoms with Gasteiger partial charge in [-0.15, -0.1) is 0 Å². The zero-order valence-electron chi connectivity index (χ0n) is 12.1. The predicted molar refractivity (Wildman–Crippen MR) is 73.5 cm³/mol. The summed E-state index contributed by atoms with van der Waals surface area (Å²) >= 11 is 0. The Morgan fingerprint density at radius 2 is 1.86 bits per heavy atom. The molecule has 2 rings (SSSR count). The van der Waals surface area contributed by atoms with Crippen molar-refractivity contribution in [2.75, 3.05) is 0 Å². The molecule has 1 aromatic heterocycles. The fraction of sp³-hybridized carbons (Fsp3) is 0.400. The minimum absolute atomic E-state index is 0.0741. The van der Waals surface area contributed by atoms with Crippen LogP contribution < -0.4 is 5.32 Å². The zero-order chi connectivity index (χ0) is 15.7. The fourth-order valence-corrected chi connectivity index (χ4v) is 1.74. The van der Waals surface area contributed by atoms with E-state index >= 15 is 0 Å². The maximum absolute atomic E-state index is 12.7. The third-order valence-electron chi connectivity index (χ3n) is 2.83. The first-order valence-corrected chi connectivity index (χ1v) is 6.53. The molecule has 0 saturated heterocycles. The van der Waals surface area contributed by atoms with E-state index in [0.717, 1.165) is 12.1 Å². The Morgan fingerprint density at radius 3 is 2.48 bits per heavy atom. The molecule has 0 aliphatic heterocycles. The third kappa shape index (κ3) is 4.32. The molecule has 0 bridgehead atoms. The van der Waals surface area contributed by atoms with Gasteiger partial charge in [0.2, 0.25) is 0 Å². The van der Waals surface area contributed by atoms with Crippen molar-refractivity contribution < 1.29 is 17.7 Å². The quantitative estimate of drug-likeness (QED) is 0.920. The van der Waals surface area contributed by atoms with Gasteiger partial charge in [0.25, 0.3) is 0 Å². The summed E-state index contributed by atoms with van der Waals surface area (Å²) in [7, 11) is 0. The van der Waals surface area contributed by atoms with Crippen LogP contribution in [0.2, 0.25) is 0 Å². The number of hydrogen-bond acceptors (Lipinski definition) is 3. The average molecular weight is 298 g/mol. The molecule has 1 aromatic carbocycles. The minimum atomic E-state index is -4.37. The molecule has 114 valence electrons. The topological polar surface area (TPSA) is 38.1 Å². The number of nitrogens with one attached hydrogen (secondary N) is 1. The highest BCUT2D eigenvalue weighted by Crippen LogP contribution is 2.32. The first-order chi connectivity index (χ1) is 9.65. The lowest BCUT2D eigenvalue weighted by Crippen LogP contribution is -2.35. The van der Waals surface area contributed by atoms with Gasteiger partial charge in [-0.3, -0.25) is 0 Å². The summed E-state index contributed by atoms with van der Waals surface area (Å²) in [4.78, 5) is 0. The van der Waals surface area contributed by atoms with Gasteiger partial charge in [0.1, 0.15) is 0 Å². The molecule has 0 atom stereocenters. The molecular formula is C15H17F3N2O. The molecule has 0 radical (unpaired) electrons. The molecular weight excluding hydrogens is 281 g/mol. The minimum Gasteiger partial charge on any atom is -0.356 e. The normalized spacial score (nSPS) is 12.7. The molecule has 6 heteroatoms. The van der Waals surface area contributed by atoms with Crippen molar-refractivity contribution in [2.45, 2.75) is 39.0 Å². The Hall–Kier alpha value is -1.82. The van der Waals surface area contributed by atoms with Gasteiger partial charge in [0, 0.05) is 23.7 Å². The SMILES string of the molecule is CC(C)(C)NCc1cc(-c2cccc(C(F)(F)F)c2)on1. The van der Waals surface area contributed by atoms with Crippen LogP contribution in [-0.2, 0) is 12.7 Å². The van der Waals surface area contributed by atoms with Crippen LogP contribution in [-0.4, -0.2) is 10.7 Å². The molecule has 1 N–H and O–H groups in total. The van der Waals surface area contributed by atoms with Gasteiger partial charge >= 0.3 is 6.18 Å². The van der Waals surface area contributed by atoms with Gasteiger partial charge in [-0.2, -0.15) is 13.2 Å². The number of halogens is 3.